The maximum atomic E-state index is 11.7. The first-order chi connectivity index (χ1) is 8.88. The van der Waals surface area contributed by atoms with Crippen LogP contribution in [0.3, 0.4) is 0 Å². The van der Waals surface area contributed by atoms with Gasteiger partial charge in [0.05, 0.1) is 6.54 Å². The molecule has 0 heterocycles. The van der Waals surface area contributed by atoms with Crippen molar-refractivity contribution in [1.82, 2.24) is 4.90 Å². The number of carbonyl (C=O) groups is 1. The molecule has 1 aromatic carbocycles. The number of hydrogen-bond acceptors (Lipinski definition) is 2. The van der Waals surface area contributed by atoms with Crippen molar-refractivity contribution in [3.05, 3.63) is 41.0 Å². The van der Waals surface area contributed by atoms with Crippen LogP contribution in [0.25, 0.3) is 0 Å². The summed E-state index contributed by atoms with van der Waals surface area (Å²) in [5.41, 5.74) is 3.38. The summed E-state index contributed by atoms with van der Waals surface area (Å²) in [6.45, 7) is 9.00. The van der Waals surface area contributed by atoms with Crippen LogP contribution in [-0.2, 0) is 4.79 Å². The Morgan fingerprint density at radius 1 is 1.21 bits per heavy atom. The lowest BCUT2D eigenvalue weighted by Gasteiger charge is -2.16. The van der Waals surface area contributed by atoms with E-state index in [1.165, 1.54) is 11.1 Å². The number of carbonyl (C=O) groups excluding carboxylic acids is 1. The Morgan fingerprint density at radius 3 is 2.32 bits per heavy atom. The molecule has 0 aliphatic carbocycles. The predicted octanol–water partition coefficient (Wildman–Crippen LogP) is 3.11. The molecule has 0 aromatic heterocycles. The van der Waals surface area contributed by atoms with Gasteiger partial charge in [-0.3, -0.25) is 4.79 Å². The van der Waals surface area contributed by atoms with Gasteiger partial charge in [-0.05, 0) is 51.0 Å². The topological polar surface area (TPSA) is 29.5 Å². The van der Waals surface area contributed by atoms with Crippen molar-refractivity contribution in [2.24, 2.45) is 0 Å². The summed E-state index contributed by atoms with van der Waals surface area (Å²) in [6.07, 6.45) is 1.64. The molecule has 3 heteroatoms. The first kappa shape index (κ1) is 15.3. The van der Waals surface area contributed by atoms with Crippen molar-refractivity contribution >= 4 is 5.91 Å². The zero-order valence-electron chi connectivity index (χ0n) is 12.5. The molecule has 0 N–H and O–H groups in total. The van der Waals surface area contributed by atoms with Crippen LogP contribution < -0.4 is 4.74 Å². The van der Waals surface area contributed by atoms with E-state index in [1.54, 1.807) is 18.0 Å². The molecular weight excluding hydrogens is 238 g/mol. The Kier molecular flexibility index (Phi) is 5.61. The number of aryl methyl sites for hydroxylation is 2. The third kappa shape index (κ3) is 5.60. The molecule has 0 bridgehead atoms. The van der Waals surface area contributed by atoms with Gasteiger partial charge < -0.3 is 9.64 Å². The quantitative estimate of drug-likeness (QED) is 0.762. The van der Waals surface area contributed by atoms with E-state index in [-0.39, 0.29) is 5.91 Å². The summed E-state index contributed by atoms with van der Waals surface area (Å²) in [5.74, 6) is 0.879. The number of rotatable bonds is 5. The minimum absolute atomic E-state index is 0.0176. The van der Waals surface area contributed by atoms with E-state index >= 15 is 0 Å². The first-order valence-electron chi connectivity index (χ1n) is 6.49. The second kappa shape index (κ2) is 6.98. The SMILES string of the molecule is CC(C)=CC(=O)N(C)CCOc1cc(C)cc(C)c1. The fourth-order valence-electron chi connectivity index (χ4n) is 1.78. The molecule has 0 atom stereocenters. The van der Waals surface area contributed by atoms with Gasteiger partial charge in [-0.1, -0.05) is 11.6 Å². The normalized spacial score (nSPS) is 9.95. The molecule has 0 spiro atoms. The number of ether oxygens (including phenoxy) is 1. The number of benzene rings is 1. The highest BCUT2D eigenvalue weighted by atomic mass is 16.5. The van der Waals surface area contributed by atoms with E-state index in [0.29, 0.717) is 13.2 Å². The van der Waals surface area contributed by atoms with E-state index in [0.717, 1.165) is 11.3 Å². The van der Waals surface area contributed by atoms with Crippen LogP contribution in [0.5, 0.6) is 5.75 Å². The highest BCUT2D eigenvalue weighted by Gasteiger charge is 2.05. The smallest absolute Gasteiger partial charge is 0.246 e. The summed E-state index contributed by atoms with van der Waals surface area (Å²) in [4.78, 5) is 13.4. The maximum absolute atomic E-state index is 11.7. The molecule has 0 radical (unpaired) electrons. The highest BCUT2D eigenvalue weighted by molar-refractivity contribution is 5.87. The molecule has 1 aromatic rings. The van der Waals surface area contributed by atoms with Gasteiger partial charge >= 0.3 is 0 Å². The highest BCUT2D eigenvalue weighted by Crippen LogP contribution is 2.15. The summed E-state index contributed by atoms with van der Waals surface area (Å²) in [6, 6.07) is 6.12. The maximum Gasteiger partial charge on any atom is 0.246 e. The zero-order chi connectivity index (χ0) is 14.4. The van der Waals surface area contributed by atoms with Crippen LogP contribution in [0.4, 0.5) is 0 Å². The van der Waals surface area contributed by atoms with Gasteiger partial charge in [-0.15, -0.1) is 0 Å². The van der Waals surface area contributed by atoms with Crippen LogP contribution >= 0.6 is 0 Å². The summed E-state index contributed by atoms with van der Waals surface area (Å²) in [5, 5.41) is 0. The van der Waals surface area contributed by atoms with Gasteiger partial charge in [0, 0.05) is 13.1 Å². The number of nitrogens with zero attached hydrogens (tertiary/aromatic N) is 1. The largest absolute Gasteiger partial charge is 0.492 e. The zero-order valence-corrected chi connectivity index (χ0v) is 12.5. The van der Waals surface area contributed by atoms with Gasteiger partial charge in [0.25, 0.3) is 0 Å². The molecule has 0 saturated heterocycles. The molecule has 0 saturated carbocycles. The molecule has 1 rings (SSSR count). The van der Waals surface area contributed by atoms with Crippen molar-refractivity contribution in [2.45, 2.75) is 27.7 Å². The molecule has 0 fully saturated rings. The average Bonchev–Trinajstić information content (AvgIpc) is 2.26. The van der Waals surface area contributed by atoms with Crippen molar-refractivity contribution < 1.29 is 9.53 Å². The van der Waals surface area contributed by atoms with Crippen LogP contribution in [0, 0.1) is 13.8 Å². The Morgan fingerprint density at radius 2 is 1.79 bits per heavy atom. The van der Waals surface area contributed by atoms with Gasteiger partial charge in [0.1, 0.15) is 12.4 Å². The summed E-state index contributed by atoms with van der Waals surface area (Å²) in [7, 11) is 1.78. The number of likely N-dealkylation sites (N-methyl/N-ethyl adjacent to an activating group) is 1. The molecule has 3 nitrogen and oxygen atoms in total. The standard InChI is InChI=1S/C16H23NO2/c1-12(2)8-16(18)17(5)6-7-19-15-10-13(3)9-14(4)11-15/h8-11H,6-7H2,1-5H3. The molecule has 1 amide bonds. The van der Waals surface area contributed by atoms with Gasteiger partial charge in [-0.2, -0.15) is 0 Å². The summed E-state index contributed by atoms with van der Waals surface area (Å²) < 4.78 is 5.68. The predicted molar refractivity (Wildman–Crippen MR) is 78.5 cm³/mol. The Bertz CT molecular complexity index is 453. The Balaban J connectivity index is 2.46. The fourth-order valence-corrected chi connectivity index (χ4v) is 1.78. The second-order valence-electron chi connectivity index (χ2n) is 5.15. The monoisotopic (exact) mass is 261 g/mol. The van der Waals surface area contributed by atoms with Crippen LogP contribution in [-0.4, -0.2) is 31.0 Å². The molecule has 0 aliphatic rings. The van der Waals surface area contributed by atoms with Crippen molar-refractivity contribution in [1.29, 1.82) is 0 Å². The van der Waals surface area contributed by atoms with E-state index in [4.69, 9.17) is 4.74 Å². The molecular formula is C16H23NO2. The van der Waals surface area contributed by atoms with Crippen molar-refractivity contribution in [3.8, 4) is 5.75 Å². The number of allylic oxidation sites excluding steroid dienone is 1. The Labute approximate surface area is 115 Å². The van der Waals surface area contributed by atoms with E-state index in [9.17, 15) is 4.79 Å². The van der Waals surface area contributed by atoms with Crippen LogP contribution in [0.15, 0.2) is 29.8 Å². The lowest BCUT2D eigenvalue weighted by molar-refractivity contribution is -0.125. The van der Waals surface area contributed by atoms with Crippen molar-refractivity contribution in [3.63, 3.8) is 0 Å². The molecule has 104 valence electrons. The lowest BCUT2D eigenvalue weighted by atomic mass is 10.1. The fraction of sp³-hybridized carbons (Fsp3) is 0.438. The van der Waals surface area contributed by atoms with Crippen LogP contribution in [0.2, 0.25) is 0 Å². The number of amides is 1. The van der Waals surface area contributed by atoms with E-state index in [2.05, 4.69) is 6.07 Å². The van der Waals surface area contributed by atoms with E-state index < -0.39 is 0 Å². The van der Waals surface area contributed by atoms with Gasteiger partial charge in [0.2, 0.25) is 5.91 Å². The minimum Gasteiger partial charge on any atom is -0.492 e. The molecule has 0 unspecified atom stereocenters. The van der Waals surface area contributed by atoms with Crippen LogP contribution in [0.1, 0.15) is 25.0 Å². The molecule has 0 aliphatic heterocycles. The summed E-state index contributed by atoms with van der Waals surface area (Å²) >= 11 is 0. The van der Waals surface area contributed by atoms with Crippen molar-refractivity contribution in [2.75, 3.05) is 20.2 Å². The number of hydrogen-bond donors (Lipinski definition) is 0. The average molecular weight is 261 g/mol. The van der Waals surface area contributed by atoms with Gasteiger partial charge in [0.15, 0.2) is 0 Å². The lowest BCUT2D eigenvalue weighted by Crippen LogP contribution is -2.29. The third-order valence-electron chi connectivity index (χ3n) is 2.68. The third-order valence-corrected chi connectivity index (χ3v) is 2.68. The van der Waals surface area contributed by atoms with Gasteiger partial charge in [-0.25, -0.2) is 0 Å². The second-order valence-corrected chi connectivity index (χ2v) is 5.15. The molecule has 19 heavy (non-hydrogen) atoms. The Hall–Kier alpha value is -1.77. The minimum atomic E-state index is 0.0176. The van der Waals surface area contributed by atoms with E-state index in [1.807, 2.05) is 39.8 Å². The first-order valence-corrected chi connectivity index (χ1v) is 6.49.